The van der Waals surface area contributed by atoms with Crippen molar-refractivity contribution in [3.05, 3.63) is 0 Å². The van der Waals surface area contributed by atoms with Crippen molar-refractivity contribution < 1.29 is 19.4 Å². The molecule has 0 saturated heterocycles. The molecular weight excluding hydrogens is 208 g/mol. The molecule has 0 aromatic heterocycles. The Morgan fingerprint density at radius 1 is 1.19 bits per heavy atom. The normalized spacial score (nSPS) is 11.7. The molecule has 4 heteroatoms. The highest BCUT2D eigenvalue weighted by atomic mass is 16.5. The lowest BCUT2D eigenvalue weighted by molar-refractivity contribution is -0.169. The summed E-state index contributed by atoms with van der Waals surface area (Å²) in [5, 5.41) is 9.29. The summed E-state index contributed by atoms with van der Waals surface area (Å²) in [5.41, 5.74) is -0.989. The fraction of sp³-hybridized carbons (Fsp3) is 0.917. The second kappa shape index (κ2) is 8.53. The van der Waals surface area contributed by atoms with Gasteiger partial charge in [-0.1, -0.05) is 26.7 Å². The molecule has 0 spiro atoms. The van der Waals surface area contributed by atoms with E-state index >= 15 is 0 Å². The molecule has 0 unspecified atom stereocenters. The molecule has 0 aliphatic heterocycles. The van der Waals surface area contributed by atoms with Crippen LogP contribution >= 0.6 is 0 Å². The summed E-state index contributed by atoms with van der Waals surface area (Å²) in [6.07, 6.45) is 3.51. The molecule has 0 aromatic carbocycles. The number of ether oxygens (including phenoxy) is 2. The lowest BCUT2D eigenvalue weighted by Crippen LogP contribution is -2.42. The summed E-state index contributed by atoms with van der Waals surface area (Å²) >= 11 is 0. The van der Waals surface area contributed by atoms with Crippen LogP contribution in [-0.4, -0.2) is 37.0 Å². The molecule has 0 amide bonds. The Morgan fingerprint density at radius 2 is 1.75 bits per heavy atom. The monoisotopic (exact) mass is 232 g/mol. The molecule has 0 heterocycles. The number of hydrogen-bond donors (Lipinski definition) is 1. The zero-order valence-electron chi connectivity index (χ0n) is 10.6. The van der Waals surface area contributed by atoms with Gasteiger partial charge in [0.1, 0.15) is 0 Å². The van der Waals surface area contributed by atoms with Crippen molar-refractivity contribution in [3.8, 4) is 0 Å². The lowest BCUT2D eigenvalue weighted by atomic mass is 9.92. The first-order valence-corrected chi connectivity index (χ1v) is 5.99. The zero-order chi connectivity index (χ0) is 12.4. The van der Waals surface area contributed by atoms with E-state index in [1.165, 1.54) is 0 Å². The predicted molar refractivity (Wildman–Crippen MR) is 62.6 cm³/mol. The van der Waals surface area contributed by atoms with Gasteiger partial charge >= 0.3 is 5.97 Å². The second-order valence-corrected chi connectivity index (χ2v) is 3.99. The van der Waals surface area contributed by atoms with Crippen molar-refractivity contribution in [2.24, 2.45) is 0 Å². The van der Waals surface area contributed by atoms with E-state index in [4.69, 9.17) is 9.47 Å². The Bertz CT molecular complexity index is 185. The molecule has 96 valence electrons. The molecule has 0 fully saturated rings. The third-order valence-electron chi connectivity index (χ3n) is 2.57. The molecule has 1 N–H and O–H groups in total. The predicted octanol–water partition coefficient (Wildman–Crippen LogP) is 2.46. The summed E-state index contributed by atoms with van der Waals surface area (Å²) in [6.45, 7) is 5.01. The maximum atomic E-state index is 11.3. The van der Waals surface area contributed by atoms with E-state index < -0.39 is 11.6 Å². The minimum absolute atomic E-state index is 0.445. The minimum Gasteiger partial charge on any atom is -0.479 e. The van der Waals surface area contributed by atoms with Gasteiger partial charge in [0.2, 0.25) is 0 Å². The third-order valence-corrected chi connectivity index (χ3v) is 2.57. The topological polar surface area (TPSA) is 55.8 Å². The number of aliphatic carboxylic acids is 1. The van der Waals surface area contributed by atoms with E-state index in [0.717, 1.165) is 19.3 Å². The van der Waals surface area contributed by atoms with Gasteiger partial charge in [-0.15, -0.1) is 0 Å². The fourth-order valence-corrected chi connectivity index (χ4v) is 1.82. The van der Waals surface area contributed by atoms with E-state index in [1.807, 2.05) is 13.8 Å². The zero-order valence-corrected chi connectivity index (χ0v) is 10.6. The smallest absolute Gasteiger partial charge is 0.335 e. The number of carboxylic acid groups (broad SMARTS) is 1. The van der Waals surface area contributed by atoms with Crippen LogP contribution in [0.2, 0.25) is 0 Å². The van der Waals surface area contributed by atoms with Gasteiger partial charge in [0.05, 0.1) is 6.61 Å². The highest BCUT2D eigenvalue weighted by Gasteiger charge is 2.37. The molecule has 16 heavy (non-hydrogen) atoms. The van der Waals surface area contributed by atoms with E-state index in [1.54, 1.807) is 7.11 Å². The van der Waals surface area contributed by atoms with Crippen LogP contribution in [0.1, 0.15) is 46.0 Å². The van der Waals surface area contributed by atoms with Crippen molar-refractivity contribution in [1.29, 1.82) is 0 Å². The quantitative estimate of drug-likeness (QED) is 0.588. The highest BCUT2D eigenvalue weighted by molar-refractivity contribution is 5.77. The molecule has 0 bridgehead atoms. The molecule has 0 atom stereocenters. The lowest BCUT2D eigenvalue weighted by Gasteiger charge is -2.29. The van der Waals surface area contributed by atoms with Crippen molar-refractivity contribution in [2.75, 3.05) is 20.3 Å². The van der Waals surface area contributed by atoms with E-state index in [-0.39, 0.29) is 0 Å². The second-order valence-electron chi connectivity index (χ2n) is 3.99. The standard InChI is InChI=1S/C12H24O4/c1-4-7-12(8-5-2,11(13)14)16-10-6-9-15-3/h4-10H2,1-3H3,(H,13,14). The van der Waals surface area contributed by atoms with Gasteiger partial charge < -0.3 is 14.6 Å². The Morgan fingerprint density at radius 3 is 2.12 bits per heavy atom. The summed E-state index contributed by atoms with van der Waals surface area (Å²) < 4.78 is 10.5. The van der Waals surface area contributed by atoms with E-state index in [2.05, 4.69) is 0 Å². The van der Waals surface area contributed by atoms with Crippen LogP contribution in [0.4, 0.5) is 0 Å². The van der Waals surface area contributed by atoms with Crippen LogP contribution in [0.5, 0.6) is 0 Å². The molecule has 0 rings (SSSR count). The first kappa shape index (κ1) is 15.4. The summed E-state index contributed by atoms with van der Waals surface area (Å²) in [4.78, 5) is 11.3. The van der Waals surface area contributed by atoms with Gasteiger partial charge in [0, 0.05) is 13.7 Å². The van der Waals surface area contributed by atoms with E-state index in [0.29, 0.717) is 26.1 Å². The van der Waals surface area contributed by atoms with Crippen molar-refractivity contribution in [3.63, 3.8) is 0 Å². The number of methoxy groups -OCH3 is 1. The number of carbonyl (C=O) groups is 1. The largest absolute Gasteiger partial charge is 0.479 e. The first-order valence-electron chi connectivity index (χ1n) is 5.99. The first-order chi connectivity index (χ1) is 7.63. The Hall–Kier alpha value is -0.610. The average molecular weight is 232 g/mol. The number of carboxylic acids is 1. The molecule has 0 saturated carbocycles. The van der Waals surface area contributed by atoms with Gasteiger partial charge in [0.15, 0.2) is 5.60 Å². The van der Waals surface area contributed by atoms with Gasteiger partial charge in [-0.25, -0.2) is 4.79 Å². The number of hydrogen-bond acceptors (Lipinski definition) is 3. The molecule has 4 nitrogen and oxygen atoms in total. The maximum absolute atomic E-state index is 11.3. The molecule has 0 aliphatic carbocycles. The molecule has 0 radical (unpaired) electrons. The maximum Gasteiger partial charge on any atom is 0.335 e. The van der Waals surface area contributed by atoms with E-state index in [9.17, 15) is 9.90 Å². The van der Waals surface area contributed by atoms with Crippen LogP contribution in [0.25, 0.3) is 0 Å². The van der Waals surface area contributed by atoms with Gasteiger partial charge in [-0.2, -0.15) is 0 Å². The van der Waals surface area contributed by atoms with Gasteiger partial charge in [-0.05, 0) is 19.3 Å². The fourth-order valence-electron chi connectivity index (χ4n) is 1.82. The third kappa shape index (κ3) is 4.94. The van der Waals surface area contributed by atoms with Crippen LogP contribution < -0.4 is 0 Å². The van der Waals surface area contributed by atoms with Gasteiger partial charge in [0.25, 0.3) is 0 Å². The van der Waals surface area contributed by atoms with Gasteiger partial charge in [-0.3, -0.25) is 0 Å². The SMILES string of the molecule is CCCC(CCC)(OCCCOC)C(=O)O. The van der Waals surface area contributed by atoms with Crippen LogP contribution in [0.15, 0.2) is 0 Å². The van der Waals surface area contributed by atoms with Crippen molar-refractivity contribution in [2.45, 2.75) is 51.6 Å². The average Bonchev–Trinajstić information content (AvgIpc) is 2.24. The Balaban J connectivity index is 4.30. The highest BCUT2D eigenvalue weighted by Crippen LogP contribution is 2.25. The molecule has 0 aromatic rings. The Kier molecular flexibility index (Phi) is 8.21. The summed E-state index contributed by atoms with van der Waals surface area (Å²) in [5.74, 6) is -0.839. The number of rotatable bonds is 10. The van der Waals surface area contributed by atoms with Crippen LogP contribution in [-0.2, 0) is 14.3 Å². The molecule has 0 aliphatic rings. The van der Waals surface area contributed by atoms with Crippen molar-refractivity contribution >= 4 is 5.97 Å². The summed E-state index contributed by atoms with van der Waals surface area (Å²) in [7, 11) is 1.63. The Labute approximate surface area is 97.9 Å². The molecular formula is C12H24O4. The van der Waals surface area contributed by atoms with Crippen molar-refractivity contribution in [1.82, 2.24) is 0 Å². The van der Waals surface area contributed by atoms with Crippen LogP contribution in [0, 0.1) is 0 Å². The minimum atomic E-state index is -0.989. The van der Waals surface area contributed by atoms with Crippen LogP contribution in [0.3, 0.4) is 0 Å². The summed E-state index contributed by atoms with van der Waals surface area (Å²) in [6, 6.07) is 0.